The number of hydrogen-bond acceptors (Lipinski definition) is 3. The van der Waals surface area contributed by atoms with Gasteiger partial charge in [-0.15, -0.1) is 0 Å². The topological polar surface area (TPSA) is 44.5 Å². The van der Waals surface area contributed by atoms with Crippen molar-refractivity contribution in [2.75, 3.05) is 0 Å². The van der Waals surface area contributed by atoms with Crippen molar-refractivity contribution in [1.82, 2.24) is 0 Å². The molecule has 1 saturated carbocycles. The van der Waals surface area contributed by atoms with E-state index in [-0.39, 0.29) is 24.0 Å². The van der Waals surface area contributed by atoms with E-state index in [0.717, 1.165) is 12.8 Å². The first-order valence-electron chi connectivity index (χ1n) is 4.18. The monoisotopic (exact) mass is 157 g/mol. The summed E-state index contributed by atoms with van der Waals surface area (Å²) in [5.74, 6) is -0.379. The summed E-state index contributed by atoms with van der Waals surface area (Å²) in [5, 5.41) is 0. The average molecular weight is 157 g/mol. The lowest BCUT2D eigenvalue weighted by Gasteiger charge is -2.19. The van der Waals surface area contributed by atoms with Crippen molar-refractivity contribution >= 4 is 0 Å². The fourth-order valence-electron chi connectivity index (χ4n) is 2.00. The fraction of sp³-hybridized carbons (Fsp3) is 1.00. The number of ether oxygens (including phenoxy) is 2. The van der Waals surface area contributed by atoms with Crippen LogP contribution in [0.25, 0.3) is 0 Å². The predicted molar refractivity (Wildman–Crippen MR) is 41.0 cm³/mol. The predicted octanol–water partition coefficient (Wildman–Crippen LogP) is 0.628. The molecule has 0 aromatic carbocycles. The largest absolute Gasteiger partial charge is 0.345 e. The summed E-state index contributed by atoms with van der Waals surface area (Å²) in [7, 11) is 0. The zero-order valence-corrected chi connectivity index (χ0v) is 7.04. The maximum absolute atomic E-state index is 5.75. The number of fused-ring (bicyclic) bond motifs is 1. The van der Waals surface area contributed by atoms with Gasteiger partial charge in [0.2, 0.25) is 0 Å². The molecule has 0 bridgehead atoms. The summed E-state index contributed by atoms with van der Waals surface area (Å²) in [4.78, 5) is 0. The van der Waals surface area contributed by atoms with Gasteiger partial charge in [0.15, 0.2) is 5.79 Å². The van der Waals surface area contributed by atoms with E-state index < -0.39 is 0 Å². The molecule has 3 atom stereocenters. The standard InChI is InChI=1S/C8H15NO2/c1-8(2)10-6-3-5(9)4-7(6)11-8/h5-7H,3-4,9H2,1-2H3/t5-,6-,7+. The SMILES string of the molecule is CC1(C)O[C@H]2C[C@H](N)C[C@H]2O1. The number of hydrogen-bond donors (Lipinski definition) is 1. The van der Waals surface area contributed by atoms with Gasteiger partial charge in [-0.25, -0.2) is 0 Å². The molecule has 2 N–H and O–H groups in total. The Morgan fingerprint density at radius 2 is 1.64 bits per heavy atom. The van der Waals surface area contributed by atoms with E-state index in [1.807, 2.05) is 13.8 Å². The molecule has 1 aliphatic carbocycles. The normalized spacial score (nSPS) is 47.7. The third-order valence-corrected chi connectivity index (χ3v) is 2.36. The van der Waals surface area contributed by atoms with Crippen LogP contribution in [-0.4, -0.2) is 24.0 Å². The van der Waals surface area contributed by atoms with Crippen LogP contribution in [0.15, 0.2) is 0 Å². The molecule has 1 heterocycles. The fourth-order valence-corrected chi connectivity index (χ4v) is 2.00. The van der Waals surface area contributed by atoms with E-state index in [1.165, 1.54) is 0 Å². The molecule has 0 amide bonds. The third-order valence-electron chi connectivity index (χ3n) is 2.36. The van der Waals surface area contributed by atoms with Gasteiger partial charge in [0.1, 0.15) is 0 Å². The smallest absolute Gasteiger partial charge is 0.163 e. The van der Waals surface area contributed by atoms with Crippen LogP contribution in [0, 0.1) is 0 Å². The second kappa shape index (κ2) is 2.19. The first-order valence-corrected chi connectivity index (χ1v) is 4.18. The molecule has 2 rings (SSSR count). The molecule has 0 unspecified atom stereocenters. The van der Waals surface area contributed by atoms with Gasteiger partial charge in [0, 0.05) is 6.04 Å². The Kier molecular flexibility index (Phi) is 1.50. The van der Waals surface area contributed by atoms with Crippen molar-refractivity contribution in [2.24, 2.45) is 5.73 Å². The molecule has 0 aromatic rings. The molecule has 1 saturated heterocycles. The van der Waals surface area contributed by atoms with Crippen molar-refractivity contribution in [1.29, 1.82) is 0 Å². The number of rotatable bonds is 0. The van der Waals surface area contributed by atoms with E-state index in [1.54, 1.807) is 0 Å². The zero-order chi connectivity index (χ0) is 8.06. The van der Waals surface area contributed by atoms with Gasteiger partial charge in [0.25, 0.3) is 0 Å². The van der Waals surface area contributed by atoms with Gasteiger partial charge < -0.3 is 15.2 Å². The van der Waals surface area contributed by atoms with Gasteiger partial charge in [-0.3, -0.25) is 0 Å². The lowest BCUT2D eigenvalue weighted by atomic mass is 10.3. The van der Waals surface area contributed by atoms with Crippen molar-refractivity contribution < 1.29 is 9.47 Å². The van der Waals surface area contributed by atoms with Crippen molar-refractivity contribution in [3.63, 3.8) is 0 Å². The lowest BCUT2D eigenvalue weighted by molar-refractivity contribution is -0.151. The van der Waals surface area contributed by atoms with Crippen molar-refractivity contribution in [2.45, 2.75) is 50.7 Å². The molecule has 64 valence electrons. The minimum Gasteiger partial charge on any atom is -0.345 e. The molecule has 3 heteroatoms. The average Bonchev–Trinajstić information content (AvgIpc) is 2.17. The van der Waals surface area contributed by atoms with Crippen molar-refractivity contribution in [3.8, 4) is 0 Å². The number of nitrogens with two attached hydrogens (primary N) is 1. The van der Waals surface area contributed by atoms with Crippen molar-refractivity contribution in [3.05, 3.63) is 0 Å². The van der Waals surface area contributed by atoms with Gasteiger partial charge in [0.05, 0.1) is 12.2 Å². The molecule has 1 aliphatic heterocycles. The maximum Gasteiger partial charge on any atom is 0.163 e. The highest BCUT2D eigenvalue weighted by Crippen LogP contribution is 2.37. The molecule has 0 spiro atoms. The van der Waals surface area contributed by atoms with Crippen LogP contribution in [-0.2, 0) is 9.47 Å². The van der Waals surface area contributed by atoms with E-state index in [9.17, 15) is 0 Å². The highest BCUT2D eigenvalue weighted by Gasteiger charge is 2.46. The lowest BCUT2D eigenvalue weighted by Crippen LogP contribution is -2.26. The van der Waals surface area contributed by atoms with Crippen LogP contribution in [0.2, 0.25) is 0 Å². The Morgan fingerprint density at radius 1 is 1.18 bits per heavy atom. The minimum atomic E-state index is -0.379. The first kappa shape index (κ1) is 7.53. The van der Waals surface area contributed by atoms with Crippen LogP contribution in [0.1, 0.15) is 26.7 Å². The van der Waals surface area contributed by atoms with E-state index >= 15 is 0 Å². The summed E-state index contributed by atoms with van der Waals surface area (Å²) < 4.78 is 11.3. The van der Waals surface area contributed by atoms with E-state index in [2.05, 4.69) is 0 Å². The second-order valence-corrected chi connectivity index (χ2v) is 3.94. The Labute approximate surface area is 66.8 Å². The second-order valence-electron chi connectivity index (χ2n) is 3.94. The Morgan fingerprint density at radius 3 is 2.09 bits per heavy atom. The Balaban J connectivity index is 2.04. The molecule has 2 fully saturated rings. The summed E-state index contributed by atoms with van der Waals surface area (Å²) in [6.07, 6.45) is 2.40. The summed E-state index contributed by atoms with van der Waals surface area (Å²) in [6.45, 7) is 3.91. The zero-order valence-electron chi connectivity index (χ0n) is 7.04. The maximum atomic E-state index is 5.75. The molecular formula is C8H15NO2. The molecule has 3 nitrogen and oxygen atoms in total. The Bertz CT molecular complexity index is 153. The van der Waals surface area contributed by atoms with Gasteiger partial charge in [-0.2, -0.15) is 0 Å². The molecular weight excluding hydrogens is 142 g/mol. The van der Waals surface area contributed by atoms with Crippen LogP contribution < -0.4 is 5.73 Å². The molecule has 0 aromatic heterocycles. The quantitative estimate of drug-likeness (QED) is 0.561. The summed E-state index contributed by atoms with van der Waals surface area (Å²) in [5.41, 5.74) is 5.75. The van der Waals surface area contributed by atoms with E-state index in [4.69, 9.17) is 15.2 Å². The minimum absolute atomic E-state index is 0.250. The summed E-state index contributed by atoms with van der Waals surface area (Å²) in [6, 6.07) is 0.279. The highest BCUT2D eigenvalue weighted by atomic mass is 16.8. The molecule has 2 aliphatic rings. The van der Waals surface area contributed by atoms with Gasteiger partial charge in [-0.05, 0) is 26.7 Å². The van der Waals surface area contributed by atoms with Crippen LogP contribution >= 0.6 is 0 Å². The third kappa shape index (κ3) is 1.28. The Hall–Kier alpha value is -0.120. The van der Waals surface area contributed by atoms with Crippen LogP contribution in [0.4, 0.5) is 0 Å². The van der Waals surface area contributed by atoms with Gasteiger partial charge >= 0.3 is 0 Å². The van der Waals surface area contributed by atoms with Gasteiger partial charge in [-0.1, -0.05) is 0 Å². The van der Waals surface area contributed by atoms with Crippen LogP contribution in [0.5, 0.6) is 0 Å². The molecule has 11 heavy (non-hydrogen) atoms. The first-order chi connectivity index (χ1) is 5.07. The van der Waals surface area contributed by atoms with E-state index in [0.29, 0.717) is 0 Å². The highest BCUT2D eigenvalue weighted by molar-refractivity contribution is 4.92. The summed E-state index contributed by atoms with van der Waals surface area (Å²) >= 11 is 0. The molecule has 0 radical (unpaired) electrons. The van der Waals surface area contributed by atoms with Crippen LogP contribution in [0.3, 0.4) is 0 Å².